The molecule has 0 saturated heterocycles. The second-order valence-corrected chi connectivity index (χ2v) is 6.00. The van der Waals surface area contributed by atoms with Gasteiger partial charge in [-0.25, -0.2) is 0 Å². The molecule has 0 radical (unpaired) electrons. The molecule has 0 aliphatic heterocycles. The fourth-order valence-electron chi connectivity index (χ4n) is 2.05. The van der Waals surface area contributed by atoms with Crippen molar-refractivity contribution in [2.75, 3.05) is 12.4 Å². The Morgan fingerprint density at radius 3 is 2.73 bits per heavy atom. The number of anilines is 1. The molecule has 0 aliphatic rings. The number of benzene rings is 2. The number of hydrogen-bond donors (Lipinski definition) is 1. The monoisotopic (exact) mass is 331 g/mol. The highest BCUT2D eigenvalue weighted by atomic mass is 35.5. The maximum atomic E-state index is 6.03. The quantitative estimate of drug-likeness (QED) is 0.748. The molecule has 1 aromatic heterocycles. The zero-order valence-corrected chi connectivity index (χ0v) is 13.5. The fraction of sp³-hybridized carbons (Fsp3) is 0.125. The third-order valence-electron chi connectivity index (χ3n) is 3.12. The van der Waals surface area contributed by atoms with Crippen molar-refractivity contribution in [1.29, 1.82) is 0 Å². The van der Waals surface area contributed by atoms with Gasteiger partial charge < -0.3 is 10.1 Å². The molecule has 6 heteroatoms. The number of ether oxygens (including phenoxy) is 1. The number of halogens is 1. The lowest BCUT2D eigenvalue weighted by atomic mass is 10.2. The van der Waals surface area contributed by atoms with Crippen LogP contribution in [0.4, 0.5) is 5.13 Å². The first kappa shape index (κ1) is 14.8. The summed E-state index contributed by atoms with van der Waals surface area (Å²) in [6, 6.07) is 15.5. The van der Waals surface area contributed by atoms with Crippen LogP contribution in [0.5, 0.6) is 5.75 Å². The van der Waals surface area contributed by atoms with Crippen molar-refractivity contribution in [2.45, 2.75) is 6.54 Å². The topological polar surface area (TPSA) is 47.0 Å². The molecule has 1 N–H and O–H groups in total. The first-order valence-electron chi connectivity index (χ1n) is 6.71. The lowest BCUT2D eigenvalue weighted by Gasteiger charge is -2.09. The zero-order valence-electron chi connectivity index (χ0n) is 11.9. The van der Waals surface area contributed by atoms with Crippen molar-refractivity contribution in [3.05, 3.63) is 59.1 Å². The van der Waals surface area contributed by atoms with Crippen LogP contribution in [0.2, 0.25) is 5.02 Å². The van der Waals surface area contributed by atoms with Gasteiger partial charge in [0.25, 0.3) is 0 Å². The maximum absolute atomic E-state index is 6.03. The smallest absolute Gasteiger partial charge is 0.206 e. The van der Waals surface area contributed by atoms with Crippen LogP contribution in [0.15, 0.2) is 48.5 Å². The molecule has 0 unspecified atom stereocenters. The number of methoxy groups -OCH3 is 1. The Balaban J connectivity index is 1.73. The van der Waals surface area contributed by atoms with Crippen molar-refractivity contribution in [3.8, 4) is 16.3 Å². The summed E-state index contributed by atoms with van der Waals surface area (Å²) in [5, 5.41) is 14.0. The van der Waals surface area contributed by atoms with Crippen LogP contribution in [0.1, 0.15) is 5.56 Å². The lowest BCUT2D eigenvalue weighted by Crippen LogP contribution is -2.01. The van der Waals surface area contributed by atoms with E-state index in [2.05, 4.69) is 15.5 Å². The third kappa shape index (κ3) is 3.37. The first-order valence-corrected chi connectivity index (χ1v) is 7.91. The zero-order chi connectivity index (χ0) is 15.4. The summed E-state index contributed by atoms with van der Waals surface area (Å²) in [6.45, 7) is 0.577. The van der Waals surface area contributed by atoms with Gasteiger partial charge in [-0.2, -0.15) is 0 Å². The summed E-state index contributed by atoms with van der Waals surface area (Å²) in [4.78, 5) is 0. The molecule has 3 rings (SSSR count). The van der Waals surface area contributed by atoms with Gasteiger partial charge in [-0.15, -0.1) is 10.2 Å². The Bertz CT molecular complexity index is 761. The van der Waals surface area contributed by atoms with Gasteiger partial charge in [-0.3, -0.25) is 0 Å². The van der Waals surface area contributed by atoms with Gasteiger partial charge in [0.1, 0.15) is 10.8 Å². The van der Waals surface area contributed by atoms with Crippen LogP contribution in [0, 0.1) is 0 Å². The van der Waals surface area contributed by atoms with Crippen LogP contribution in [-0.4, -0.2) is 17.3 Å². The second-order valence-electron chi connectivity index (χ2n) is 4.59. The highest BCUT2D eigenvalue weighted by Gasteiger charge is 2.08. The molecule has 4 nitrogen and oxygen atoms in total. The largest absolute Gasteiger partial charge is 0.496 e. The van der Waals surface area contributed by atoms with E-state index in [1.807, 2.05) is 48.5 Å². The number of aromatic nitrogens is 2. The van der Waals surface area contributed by atoms with Crippen molar-refractivity contribution in [2.24, 2.45) is 0 Å². The number of rotatable bonds is 5. The summed E-state index contributed by atoms with van der Waals surface area (Å²) in [5.41, 5.74) is 2.04. The summed E-state index contributed by atoms with van der Waals surface area (Å²) >= 11 is 7.55. The van der Waals surface area contributed by atoms with Crippen LogP contribution in [-0.2, 0) is 6.54 Å². The van der Waals surface area contributed by atoms with Gasteiger partial charge in [0.15, 0.2) is 0 Å². The molecule has 0 aliphatic carbocycles. The second kappa shape index (κ2) is 6.77. The van der Waals surface area contributed by atoms with Gasteiger partial charge in [0.05, 0.1) is 7.11 Å². The van der Waals surface area contributed by atoms with Gasteiger partial charge in [-0.05, 0) is 18.2 Å². The summed E-state index contributed by atoms with van der Waals surface area (Å²) in [5.74, 6) is 0.796. The lowest BCUT2D eigenvalue weighted by molar-refractivity contribution is 0.410. The van der Waals surface area contributed by atoms with E-state index in [9.17, 15) is 0 Å². The van der Waals surface area contributed by atoms with Gasteiger partial charge in [0, 0.05) is 22.7 Å². The summed E-state index contributed by atoms with van der Waals surface area (Å²) < 4.78 is 5.33. The number of hydrogen-bond acceptors (Lipinski definition) is 5. The van der Waals surface area contributed by atoms with E-state index in [1.165, 1.54) is 11.3 Å². The van der Waals surface area contributed by atoms with E-state index in [1.54, 1.807) is 7.11 Å². The van der Waals surface area contributed by atoms with Crippen molar-refractivity contribution >= 4 is 28.1 Å². The minimum absolute atomic E-state index is 0.577. The Kier molecular flexibility index (Phi) is 4.56. The van der Waals surface area contributed by atoms with Crippen LogP contribution < -0.4 is 10.1 Å². The van der Waals surface area contributed by atoms with Gasteiger partial charge >= 0.3 is 0 Å². The predicted octanol–water partition coefficient (Wildman–Crippen LogP) is 4.48. The number of nitrogens with zero attached hydrogens (tertiary/aromatic N) is 2. The molecule has 0 spiro atoms. The standard InChI is InChI=1S/C16H14ClN3OS/c1-21-14-8-7-13(17)9-12(14)10-18-16-20-19-15(22-16)11-5-3-2-4-6-11/h2-9H,10H2,1H3,(H,18,20). The van der Waals surface area contributed by atoms with Gasteiger partial charge in [-0.1, -0.05) is 53.3 Å². The molecule has 1 heterocycles. The van der Waals surface area contributed by atoms with Gasteiger partial charge in [0.2, 0.25) is 5.13 Å². The Hall–Kier alpha value is -2.11. The Morgan fingerprint density at radius 1 is 1.14 bits per heavy atom. The number of nitrogens with one attached hydrogen (secondary N) is 1. The average Bonchev–Trinajstić information content (AvgIpc) is 3.03. The summed E-state index contributed by atoms with van der Waals surface area (Å²) in [7, 11) is 1.64. The highest BCUT2D eigenvalue weighted by molar-refractivity contribution is 7.18. The molecule has 112 valence electrons. The molecule has 2 aromatic carbocycles. The summed E-state index contributed by atoms with van der Waals surface area (Å²) in [6.07, 6.45) is 0. The maximum Gasteiger partial charge on any atom is 0.206 e. The Morgan fingerprint density at radius 2 is 1.95 bits per heavy atom. The van der Waals surface area contributed by atoms with E-state index >= 15 is 0 Å². The van der Waals surface area contributed by atoms with Crippen molar-refractivity contribution < 1.29 is 4.74 Å². The van der Waals surface area contributed by atoms with Crippen LogP contribution >= 0.6 is 22.9 Å². The molecular weight excluding hydrogens is 318 g/mol. The SMILES string of the molecule is COc1ccc(Cl)cc1CNc1nnc(-c2ccccc2)s1. The average molecular weight is 332 g/mol. The third-order valence-corrected chi connectivity index (χ3v) is 4.28. The highest BCUT2D eigenvalue weighted by Crippen LogP contribution is 2.28. The molecular formula is C16H14ClN3OS. The van der Waals surface area contributed by atoms with E-state index in [0.29, 0.717) is 11.6 Å². The van der Waals surface area contributed by atoms with Crippen molar-refractivity contribution in [3.63, 3.8) is 0 Å². The molecule has 0 bridgehead atoms. The van der Waals surface area contributed by atoms with E-state index in [-0.39, 0.29) is 0 Å². The first-order chi connectivity index (χ1) is 10.8. The molecule has 22 heavy (non-hydrogen) atoms. The normalized spacial score (nSPS) is 10.5. The minimum Gasteiger partial charge on any atom is -0.496 e. The van der Waals surface area contributed by atoms with Crippen LogP contribution in [0.25, 0.3) is 10.6 Å². The minimum atomic E-state index is 0.577. The predicted molar refractivity (Wildman–Crippen MR) is 90.7 cm³/mol. The fourth-order valence-corrected chi connectivity index (χ4v) is 2.99. The van der Waals surface area contributed by atoms with E-state index in [4.69, 9.17) is 16.3 Å². The molecule has 0 fully saturated rings. The molecule has 0 amide bonds. The molecule has 0 atom stereocenters. The van der Waals surface area contributed by atoms with E-state index in [0.717, 1.165) is 27.0 Å². The van der Waals surface area contributed by atoms with Crippen LogP contribution in [0.3, 0.4) is 0 Å². The Labute approximate surface area is 137 Å². The molecule has 3 aromatic rings. The van der Waals surface area contributed by atoms with E-state index < -0.39 is 0 Å². The van der Waals surface area contributed by atoms with Crippen molar-refractivity contribution in [1.82, 2.24) is 10.2 Å². The molecule has 0 saturated carbocycles.